The number of aromatic nitrogens is 1. The second-order valence-electron chi connectivity index (χ2n) is 6.92. The van der Waals surface area contributed by atoms with Crippen molar-refractivity contribution in [1.29, 1.82) is 0 Å². The van der Waals surface area contributed by atoms with Crippen LogP contribution in [0.5, 0.6) is 0 Å². The van der Waals surface area contributed by atoms with Crippen LogP contribution in [-0.4, -0.2) is 52.8 Å². The quantitative estimate of drug-likeness (QED) is 0.871. The number of rotatable bonds is 6. The Balaban J connectivity index is 1.48. The van der Waals surface area contributed by atoms with Crippen LogP contribution in [0.2, 0.25) is 0 Å². The molecule has 1 unspecified atom stereocenters. The number of benzene rings is 1. The molecule has 0 radical (unpaired) electrons. The third-order valence-electron chi connectivity index (χ3n) is 4.96. The number of aliphatic hydroxyl groups is 1. The van der Waals surface area contributed by atoms with Crippen LogP contribution in [0.25, 0.3) is 0 Å². The van der Waals surface area contributed by atoms with Gasteiger partial charge in [0.1, 0.15) is 5.82 Å². The fourth-order valence-corrected chi connectivity index (χ4v) is 3.49. The lowest BCUT2D eigenvalue weighted by Crippen LogP contribution is -2.44. The van der Waals surface area contributed by atoms with E-state index in [1.807, 2.05) is 20.0 Å². The molecule has 1 N–H and O–H groups in total. The highest BCUT2D eigenvalue weighted by Crippen LogP contribution is 2.22. The number of hydrogen-bond acceptors (Lipinski definition) is 5. The lowest BCUT2D eigenvalue weighted by molar-refractivity contribution is 0.0682. The van der Waals surface area contributed by atoms with E-state index in [1.165, 1.54) is 6.07 Å². The van der Waals surface area contributed by atoms with Crippen LogP contribution < -0.4 is 0 Å². The first-order valence-corrected chi connectivity index (χ1v) is 8.80. The molecule has 1 atom stereocenters. The molecule has 1 aromatic heterocycles. The van der Waals surface area contributed by atoms with E-state index in [2.05, 4.69) is 15.0 Å². The maximum absolute atomic E-state index is 13.8. The minimum absolute atomic E-state index is 0.347. The van der Waals surface area contributed by atoms with Gasteiger partial charge in [0.2, 0.25) is 0 Å². The fraction of sp³-hybridized carbons (Fsp3) is 0.526. The van der Waals surface area contributed by atoms with Crippen molar-refractivity contribution in [2.24, 2.45) is 0 Å². The van der Waals surface area contributed by atoms with E-state index in [0.29, 0.717) is 18.2 Å². The zero-order valence-electron chi connectivity index (χ0n) is 14.9. The van der Waals surface area contributed by atoms with E-state index >= 15 is 0 Å². The van der Waals surface area contributed by atoms with Gasteiger partial charge < -0.3 is 14.5 Å². The molecule has 2 aromatic rings. The summed E-state index contributed by atoms with van der Waals surface area (Å²) in [5.41, 5.74) is 1.28. The van der Waals surface area contributed by atoms with Crippen molar-refractivity contribution in [3.8, 4) is 0 Å². The van der Waals surface area contributed by atoms with E-state index in [-0.39, 0.29) is 5.82 Å². The second kappa shape index (κ2) is 8.08. The molecule has 6 heteroatoms. The smallest absolute Gasteiger partial charge is 0.150 e. The predicted molar refractivity (Wildman–Crippen MR) is 93.5 cm³/mol. The lowest BCUT2D eigenvalue weighted by atomic mass is 10.0. The molecule has 0 bridgehead atoms. The molecule has 136 valence electrons. The summed E-state index contributed by atoms with van der Waals surface area (Å²) in [5, 5.41) is 14.3. The van der Waals surface area contributed by atoms with Crippen molar-refractivity contribution >= 4 is 0 Å². The van der Waals surface area contributed by atoms with Gasteiger partial charge >= 0.3 is 0 Å². The first-order valence-electron chi connectivity index (χ1n) is 8.80. The highest BCUT2D eigenvalue weighted by molar-refractivity contribution is 5.20. The molecular formula is C19H26FN3O2. The summed E-state index contributed by atoms with van der Waals surface area (Å²) >= 11 is 0. The third kappa shape index (κ3) is 4.66. The first kappa shape index (κ1) is 18.0. The van der Waals surface area contributed by atoms with Crippen molar-refractivity contribution in [2.45, 2.75) is 38.5 Å². The summed E-state index contributed by atoms with van der Waals surface area (Å²) in [6.45, 7) is 5.10. The highest BCUT2D eigenvalue weighted by Gasteiger charge is 2.25. The first-order chi connectivity index (χ1) is 12.0. The molecule has 2 heterocycles. The van der Waals surface area contributed by atoms with Crippen molar-refractivity contribution in [1.82, 2.24) is 15.0 Å². The van der Waals surface area contributed by atoms with Gasteiger partial charge in [-0.2, -0.15) is 0 Å². The molecule has 5 nitrogen and oxygen atoms in total. The van der Waals surface area contributed by atoms with E-state index in [1.54, 1.807) is 18.2 Å². The number of aliphatic hydroxyl groups excluding tert-OH is 1. The molecule has 0 spiro atoms. The Morgan fingerprint density at radius 3 is 2.72 bits per heavy atom. The minimum Gasteiger partial charge on any atom is -0.387 e. The molecule has 0 saturated carbocycles. The number of piperidine rings is 1. The zero-order valence-corrected chi connectivity index (χ0v) is 14.9. The predicted octanol–water partition coefficient (Wildman–Crippen LogP) is 2.75. The Bertz CT molecular complexity index is 683. The number of hydrogen-bond donors (Lipinski definition) is 1. The van der Waals surface area contributed by atoms with Crippen LogP contribution in [0, 0.1) is 12.7 Å². The number of aryl methyl sites for hydroxylation is 1. The van der Waals surface area contributed by atoms with Gasteiger partial charge in [-0.1, -0.05) is 23.4 Å². The average Bonchev–Trinajstić information content (AvgIpc) is 3.00. The van der Waals surface area contributed by atoms with Gasteiger partial charge in [0.25, 0.3) is 0 Å². The number of likely N-dealkylation sites (N-methyl/N-ethyl adjacent to an activating group) is 1. The van der Waals surface area contributed by atoms with Crippen LogP contribution in [0.1, 0.15) is 36.0 Å². The van der Waals surface area contributed by atoms with Crippen molar-refractivity contribution < 1.29 is 14.0 Å². The lowest BCUT2D eigenvalue weighted by Gasteiger charge is -2.37. The Kier molecular flexibility index (Phi) is 5.83. The summed E-state index contributed by atoms with van der Waals surface area (Å²) in [6, 6.07) is 8.81. The Morgan fingerprint density at radius 1 is 1.36 bits per heavy atom. The maximum Gasteiger partial charge on any atom is 0.150 e. The van der Waals surface area contributed by atoms with Gasteiger partial charge in [-0.25, -0.2) is 4.39 Å². The molecular weight excluding hydrogens is 321 g/mol. The van der Waals surface area contributed by atoms with Crippen LogP contribution >= 0.6 is 0 Å². The van der Waals surface area contributed by atoms with E-state index in [4.69, 9.17) is 4.52 Å². The zero-order chi connectivity index (χ0) is 17.8. The highest BCUT2D eigenvalue weighted by atomic mass is 19.1. The monoisotopic (exact) mass is 347 g/mol. The van der Waals surface area contributed by atoms with Crippen LogP contribution in [-0.2, 0) is 6.54 Å². The molecule has 1 aliphatic rings. The Labute approximate surface area is 148 Å². The van der Waals surface area contributed by atoms with Crippen LogP contribution in [0.15, 0.2) is 34.9 Å². The van der Waals surface area contributed by atoms with E-state index in [0.717, 1.165) is 43.9 Å². The van der Waals surface area contributed by atoms with Gasteiger partial charge in [-0.15, -0.1) is 0 Å². The third-order valence-corrected chi connectivity index (χ3v) is 4.96. The number of nitrogens with zero attached hydrogens (tertiary/aromatic N) is 3. The number of halogens is 1. The summed E-state index contributed by atoms with van der Waals surface area (Å²) in [4.78, 5) is 4.50. The molecule has 1 aliphatic heterocycles. The maximum atomic E-state index is 13.8. The van der Waals surface area contributed by atoms with Crippen molar-refractivity contribution in [3.05, 3.63) is 53.2 Å². The van der Waals surface area contributed by atoms with Crippen molar-refractivity contribution in [2.75, 3.05) is 26.7 Å². The average molecular weight is 347 g/mol. The number of likely N-dealkylation sites (tertiary alicyclic amines) is 1. The molecule has 0 amide bonds. The molecule has 1 aromatic carbocycles. The normalized spacial score (nSPS) is 18.0. The second-order valence-corrected chi connectivity index (χ2v) is 6.92. The topological polar surface area (TPSA) is 52.7 Å². The van der Waals surface area contributed by atoms with Crippen LogP contribution in [0.3, 0.4) is 0 Å². The Hall–Kier alpha value is -1.76. The van der Waals surface area contributed by atoms with Crippen molar-refractivity contribution in [3.63, 3.8) is 0 Å². The summed E-state index contributed by atoms with van der Waals surface area (Å²) in [5.74, 6) is 0.555. The van der Waals surface area contributed by atoms with Gasteiger partial charge in [0.05, 0.1) is 18.3 Å². The van der Waals surface area contributed by atoms with E-state index < -0.39 is 6.10 Å². The Morgan fingerprint density at radius 2 is 2.08 bits per heavy atom. The largest absolute Gasteiger partial charge is 0.387 e. The van der Waals surface area contributed by atoms with Gasteiger partial charge in [-0.05, 0) is 32.9 Å². The van der Waals surface area contributed by atoms with Crippen LogP contribution in [0.4, 0.5) is 4.39 Å². The summed E-state index contributed by atoms with van der Waals surface area (Å²) in [7, 11) is 2.00. The minimum atomic E-state index is -0.804. The summed E-state index contributed by atoms with van der Waals surface area (Å²) < 4.78 is 19.1. The molecule has 3 rings (SSSR count). The SMILES string of the molecule is Cc1cc(CN2CCC(N(C)CC(O)c3ccccc3F)CC2)on1. The molecule has 25 heavy (non-hydrogen) atoms. The van der Waals surface area contributed by atoms with Gasteiger partial charge in [0.15, 0.2) is 5.76 Å². The van der Waals surface area contributed by atoms with Gasteiger partial charge in [0, 0.05) is 37.3 Å². The fourth-order valence-electron chi connectivity index (χ4n) is 3.49. The standard InChI is InChI=1S/C19H26FN3O2/c1-14-11-16(25-21-14)12-23-9-7-15(8-10-23)22(2)13-19(24)17-5-3-4-6-18(17)20/h3-6,11,15,19,24H,7-10,12-13H2,1-2H3. The molecule has 1 fully saturated rings. The van der Waals surface area contributed by atoms with E-state index in [9.17, 15) is 9.50 Å². The van der Waals surface area contributed by atoms with Gasteiger partial charge in [-0.3, -0.25) is 4.90 Å². The molecule has 1 saturated heterocycles. The summed E-state index contributed by atoms with van der Waals surface area (Å²) in [6.07, 6.45) is 1.24. The molecule has 0 aliphatic carbocycles.